The lowest BCUT2D eigenvalue weighted by molar-refractivity contribution is 0.436. The standard InChI is InChI=1S/C16H15BrN2OS/c1-9(2)10-3-5-11(6-4-10)14-15(20-19-16(14)18)12-7-13(17)21-8-12/h3-9H,1-2H3,(H2,18,19). The van der Waals surface area contributed by atoms with E-state index in [1.807, 2.05) is 11.4 Å². The van der Waals surface area contributed by atoms with Gasteiger partial charge in [0.2, 0.25) is 0 Å². The normalized spacial score (nSPS) is 11.2. The molecule has 2 aromatic heterocycles. The first-order chi connectivity index (χ1) is 10.1. The van der Waals surface area contributed by atoms with Gasteiger partial charge in [-0.05, 0) is 39.0 Å². The van der Waals surface area contributed by atoms with E-state index in [2.05, 4.69) is 59.2 Å². The zero-order chi connectivity index (χ0) is 15.0. The summed E-state index contributed by atoms with van der Waals surface area (Å²) in [6, 6.07) is 10.4. The Morgan fingerprint density at radius 3 is 2.48 bits per heavy atom. The van der Waals surface area contributed by atoms with Crippen LogP contribution in [0, 0.1) is 0 Å². The Labute approximate surface area is 135 Å². The van der Waals surface area contributed by atoms with Gasteiger partial charge in [0.1, 0.15) is 0 Å². The molecule has 3 nitrogen and oxygen atoms in total. The summed E-state index contributed by atoms with van der Waals surface area (Å²) >= 11 is 5.07. The van der Waals surface area contributed by atoms with Crippen molar-refractivity contribution in [2.24, 2.45) is 0 Å². The van der Waals surface area contributed by atoms with Crippen LogP contribution in [0.15, 0.2) is 44.0 Å². The van der Waals surface area contributed by atoms with Gasteiger partial charge < -0.3 is 10.3 Å². The number of anilines is 1. The van der Waals surface area contributed by atoms with Crippen molar-refractivity contribution < 1.29 is 4.52 Å². The molecule has 5 heteroatoms. The van der Waals surface area contributed by atoms with E-state index in [4.69, 9.17) is 10.3 Å². The highest BCUT2D eigenvalue weighted by molar-refractivity contribution is 9.11. The van der Waals surface area contributed by atoms with Gasteiger partial charge in [-0.1, -0.05) is 43.3 Å². The van der Waals surface area contributed by atoms with Crippen molar-refractivity contribution in [3.05, 3.63) is 45.1 Å². The molecule has 0 aliphatic heterocycles. The minimum atomic E-state index is 0.421. The Morgan fingerprint density at radius 2 is 1.90 bits per heavy atom. The fraction of sp³-hybridized carbons (Fsp3) is 0.188. The number of hydrogen-bond donors (Lipinski definition) is 1. The zero-order valence-electron chi connectivity index (χ0n) is 11.8. The number of rotatable bonds is 3. The summed E-state index contributed by atoms with van der Waals surface area (Å²) in [5.74, 6) is 1.64. The van der Waals surface area contributed by atoms with E-state index in [-0.39, 0.29) is 0 Å². The first kappa shape index (κ1) is 14.4. The molecule has 3 aromatic rings. The van der Waals surface area contributed by atoms with Crippen molar-refractivity contribution in [3.8, 4) is 22.5 Å². The van der Waals surface area contributed by atoms with E-state index in [0.29, 0.717) is 17.5 Å². The van der Waals surface area contributed by atoms with Crippen LogP contribution >= 0.6 is 27.3 Å². The number of nitrogens with zero attached hydrogens (tertiary/aromatic N) is 1. The van der Waals surface area contributed by atoms with Gasteiger partial charge in [-0.3, -0.25) is 0 Å². The fourth-order valence-corrected chi connectivity index (χ4v) is 3.38. The molecule has 21 heavy (non-hydrogen) atoms. The second-order valence-electron chi connectivity index (χ2n) is 5.19. The molecule has 0 fully saturated rings. The summed E-state index contributed by atoms with van der Waals surface area (Å²) in [5, 5.41) is 5.95. The minimum Gasteiger partial charge on any atom is -0.380 e. The van der Waals surface area contributed by atoms with Crippen molar-refractivity contribution in [1.82, 2.24) is 5.16 Å². The molecule has 0 atom stereocenters. The quantitative estimate of drug-likeness (QED) is 0.665. The lowest BCUT2D eigenvalue weighted by Gasteiger charge is -2.07. The lowest BCUT2D eigenvalue weighted by Crippen LogP contribution is -1.90. The number of aromatic nitrogens is 1. The van der Waals surface area contributed by atoms with Crippen LogP contribution in [0.1, 0.15) is 25.3 Å². The molecule has 3 rings (SSSR count). The van der Waals surface area contributed by atoms with Crippen LogP contribution in [0.25, 0.3) is 22.5 Å². The maximum atomic E-state index is 6.00. The molecule has 0 radical (unpaired) electrons. The first-order valence-electron chi connectivity index (χ1n) is 6.66. The third-order valence-corrected chi connectivity index (χ3v) is 4.92. The molecule has 0 spiro atoms. The Kier molecular flexibility index (Phi) is 3.87. The highest BCUT2D eigenvalue weighted by Crippen LogP contribution is 2.39. The van der Waals surface area contributed by atoms with Gasteiger partial charge in [0.05, 0.1) is 9.35 Å². The summed E-state index contributed by atoms with van der Waals surface area (Å²) in [7, 11) is 0. The molecule has 0 aliphatic rings. The molecule has 2 heterocycles. The van der Waals surface area contributed by atoms with Gasteiger partial charge in [0.25, 0.3) is 0 Å². The average molecular weight is 363 g/mol. The monoisotopic (exact) mass is 362 g/mol. The summed E-state index contributed by atoms with van der Waals surface area (Å²) in [6.45, 7) is 4.36. The van der Waals surface area contributed by atoms with E-state index >= 15 is 0 Å². The molecule has 0 amide bonds. The SMILES string of the molecule is CC(C)c1ccc(-c2c(N)noc2-c2csc(Br)c2)cc1. The number of nitrogens with two attached hydrogens (primary N) is 1. The molecule has 1 aromatic carbocycles. The Bertz CT molecular complexity index is 759. The number of nitrogen functional groups attached to an aromatic ring is 1. The average Bonchev–Trinajstić information content (AvgIpc) is 3.05. The highest BCUT2D eigenvalue weighted by atomic mass is 79.9. The van der Waals surface area contributed by atoms with Gasteiger partial charge in [0, 0.05) is 10.9 Å². The first-order valence-corrected chi connectivity index (χ1v) is 8.33. The summed E-state index contributed by atoms with van der Waals surface area (Å²) in [4.78, 5) is 0. The third-order valence-electron chi connectivity index (χ3n) is 3.41. The molecular formula is C16H15BrN2OS. The number of hydrogen-bond acceptors (Lipinski definition) is 4. The van der Waals surface area contributed by atoms with Crippen LogP contribution < -0.4 is 5.73 Å². The maximum absolute atomic E-state index is 6.00. The number of benzene rings is 1. The second-order valence-corrected chi connectivity index (χ2v) is 7.48. The highest BCUT2D eigenvalue weighted by Gasteiger charge is 2.18. The van der Waals surface area contributed by atoms with Crippen LogP contribution in [0.3, 0.4) is 0 Å². The third kappa shape index (κ3) is 2.76. The Balaban J connectivity index is 2.08. The van der Waals surface area contributed by atoms with Crippen LogP contribution in [0.2, 0.25) is 0 Å². The van der Waals surface area contributed by atoms with Crippen LogP contribution in [0.5, 0.6) is 0 Å². The van der Waals surface area contributed by atoms with E-state index in [0.717, 1.165) is 20.5 Å². The molecule has 2 N–H and O–H groups in total. The Morgan fingerprint density at radius 1 is 1.19 bits per heavy atom. The van der Waals surface area contributed by atoms with Crippen molar-refractivity contribution in [1.29, 1.82) is 0 Å². The van der Waals surface area contributed by atoms with Gasteiger partial charge in [-0.25, -0.2) is 0 Å². The molecule has 0 saturated carbocycles. The van der Waals surface area contributed by atoms with Crippen molar-refractivity contribution in [3.63, 3.8) is 0 Å². The van der Waals surface area contributed by atoms with Crippen LogP contribution in [-0.2, 0) is 0 Å². The number of halogens is 1. The maximum Gasteiger partial charge on any atom is 0.177 e. The predicted octanol–water partition coefficient (Wildman–Crippen LogP) is 5.54. The smallest absolute Gasteiger partial charge is 0.177 e. The topological polar surface area (TPSA) is 52.0 Å². The molecule has 0 unspecified atom stereocenters. The number of thiophene rings is 1. The predicted molar refractivity (Wildman–Crippen MR) is 91.5 cm³/mol. The summed E-state index contributed by atoms with van der Waals surface area (Å²) < 4.78 is 6.49. The van der Waals surface area contributed by atoms with E-state index in [1.165, 1.54) is 5.56 Å². The molecular weight excluding hydrogens is 348 g/mol. The van der Waals surface area contributed by atoms with Crippen molar-refractivity contribution in [2.45, 2.75) is 19.8 Å². The summed E-state index contributed by atoms with van der Waals surface area (Å²) in [6.07, 6.45) is 0. The largest absolute Gasteiger partial charge is 0.380 e. The minimum absolute atomic E-state index is 0.421. The fourth-order valence-electron chi connectivity index (χ4n) is 2.24. The lowest BCUT2D eigenvalue weighted by atomic mass is 9.98. The zero-order valence-corrected chi connectivity index (χ0v) is 14.2. The molecule has 0 saturated heterocycles. The van der Waals surface area contributed by atoms with Crippen LogP contribution in [-0.4, -0.2) is 5.16 Å². The van der Waals surface area contributed by atoms with Gasteiger partial charge in [0.15, 0.2) is 11.6 Å². The van der Waals surface area contributed by atoms with Crippen LogP contribution in [0.4, 0.5) is 5.82 Å². The molecule has 108 valence electrons. The Hall–Kier alpha value is -1.59. The van der Waals surface area contributed by atoms with Gasteiger partial charge in [-0.15, -0.1) is 11.3 Å². The van der Waals surface area contributed by atoms with Crippen molar-refractivity contribution >= 4 is 33.1 Å². The van der Waals surface area contributed by atoms with Crippen molar-refractivity contribution in [2.75, 3.05) is 5.73 Å². The van der Waals surface area contributed by atoms with E-state index < -0.39 is 0 Å². The summed E-state index contributed by atoms with van der Waals surface area (Å²) in [5.41, 5.74) is 10.2. The van der Waals surface area contributed by atoms with E-state index in [9.17, 15) is 0 Å². The van der Waals surface area contributed by atoms with Gasteiger partial charge in [-0.2, -0.15) is 0 Å². The van der Waals surface area contributed by atoms with Gasteiger partial charge >= 0.3 is 0 Å². The second kappa shape index (κ2) is 5.66. The molecule has 0 aliphatic carbocycles. The molecule has 0 bridgehead atoms. The van der Waals surface area contributed by atoms with E-state index in [1.54, 1.807) is 11.3 Å².